The number of pyridine rings is 1. The Morgan fingerprint density at radius 3 is 2.66 bits per heavy atom. The van der Waals surface area contributed by atoms with Crippen LogP contribution >= 0.6 is 11.3 Å². The summed E-state index contributed by atoms with van der Waals surface area (Å²) in [6.07, 6.45) is 5.21. The number of likely N-dealkylation sites (tertiary alicyclic amines) is 1. The number of urea groups is 1. The summed E-state index contributed by atoms with van der Waals surface area (Å²) in [6, 6.07) is 16.5. The van der Waals surface area contributed by atoms with E-state index in [0.717, 1.165) is 16.7 Å². The number of ether oxygens (including phenoxy) is 1. The normalized spacial score (nSPS) is 15.2. The van der Waals surface area contributed by atoms with E-state index >= 15 is 0 Å². The van der Waals surface area contributed by atoms with Gasteiger partial charge in [0.25, 0.3) is 5.91 Å². The number of hydrogen-bond acceptors (Lipinski definition) is 7. The number of aromatic nitrogens is 1. The topological polar surface area (TPSA) is 111 Å². The van der Waals surface area contributed by atoms with E-state index in [2.05, 4.69) is 21.8 Å². The van der Waals surface area contributed by atoms with Crippen LogP contribution in [-0.2, 0) is 0 Å². The van der Waals surface area contributed by atoms with Crippen LogP contribution in [0.25, 0.3) is 10.2 Å². The molecular weight excluding hydrogens is 500 g/mol. The Kier molecular flexibility index (Phi) is 6.05. The van der Waals surface area contributed by atoms with E-state index in [0.29, 0.717) is 58.5 Å². The first-order valence-electron chi connectivity index (χ1n) is 12.3. The standard InChI is InChI=1S/C28H24N6O3S/c1-17-15-20(37-19-5-3-2-4-6-19)7-8-21(17)34-22-9-12-30-27-23(22)24(32-28(34)36)25(38-27)26(35)31-18-10-13-33(16-29)14-11-18/h2-9,12,15,18H,10-11,13-14H2,1H3,(H,31,35)(H,32,36). The number of anilines is 3. The van der Waals surface area contributed by atoms with Crippen molar-refractivity contribution in [3.63, 3.8) is 0 Å². The van der Waals surface area contributed by atoms with Crippen LogP contribution in [0.4, 0.5) is 21.9 Å². The molecule has 10 heteroatoms. The zero-order valence-electron chi connectivity index (χ0n) is 20.6. The number of hydrogen-bond donors (Lipinski definition) is 2. The van der Waals surface area contributed by atoms with E-state index in [-0.39, 0.29) is 18.0 Å². The van der Waals surface area contributed by atoms with Crippen LogP contribution in [0.15, 0.2) is 60.8 Å². The van der Waals surface area contributed by atoms with Crippen molar-refractivity contribution in [1.82, 2.24) is 15.2 Å². The molecule has 2 aromatic carbocycles. The lowest BCUT2D eigenvalue weighted by Crippen LogP contribution is -2.43. The largest absolute Gasteiger partial charge is 0.457 e. The third-order valence-corrected chi connectivity index (χ3v) is 7.91. The number of piperidine rings is 1. The van der Waals surface area contributed by atoms with E-state index < -0.39 is 0 Å². The molecule has 0 atom stereocenters. The highest BCUT2D eigenvalue weighted by molar-refractivity contribution is 7.21. The van der Waals surface area contributed by atoms with Gasteiger partial charge in [-0.1, -0.05) is 18.2 Å². The van der Waals surface area contributed by atoms with E-state index in [1.54, 1.807) is 22.1 Å². The average Bonchev–Trinajstić information content (AvgIpc) is 3.30. The molecule has 0 radical (unpaired) electrons. The second kappa shape index (κ2) is 9.68. The van der Waals surface area contributed by atoms with E-state index in [1.165, 1.54) is 11.3 Å². The Balaban J connectivity index is 1.30. The fourth-order valence-electron chi connectivity index (χ4n) is 4.93. The van der Waals surface area contributed by atoms with Crippen molar-refractivity contribution >= 4 is 50.6 Å². The summed E-state index contributed by atoms with van der Waals surface area (Å²) in [5.74, 6) is 1.16. The third kappa shape index (κ3) is 4.27. The van der Waals surface area contributed by atoms with E-state index in [1.807, 2.05) is 55.5 Å². The molecule has 3 amide bonds. The van der Waals surface area contributed by atoms with Crippen molar-refractivity contribution in [3.8, 4) is 17.7 Å². The predicted octanol–water partition coefficient (Wildman–Crippen LogP) is 5.76. The first kappa shape index (κ1) is 23.8. The lowest BCUT2D eigenvalue weighted by molar-refractivity contribution is 0.0926. The van der Waals surface area contributed by atoms with Gasteiger partial charge in [-0.15, -0.1) is 11.3 Å². The fourth-order valence-corrected chi connectivity index (χ4v) is 5.95. The number of nitrogens with zero attached hydrogens (tertiary/aromatic N) is 4. The smallest absolute Gasteiger partial charge is 0.331 e. The maximum Gasteiger partial charge on any atom is 0.331 e. The van der Waals surface area contributed by atoms with Gasteiger partial charge in [0, 0.05) is 25.3 Å². The van der Waals surface area contributed by atoms with Crippen molar-refractivity contribution < 1.29 is 14.3 Å². The maximum atomic E-state index is 13.5. The van der Waals surface area contributed by atoms with E-state index in [4.69, 9.17) is 10.00 Å². The van der Waals surface area contributed by atoms with Crippen LogP contribution in [0, 0.1) is 18.4 Å². The minimum Gasteiger partial charge on any atom is -0.457 e. The number of para-hydroxylation sites is 1. The number of rotatable bonds is 5. The molecule has 2 aliphatic rings. The Bertz CT molecular complexity index is 1590. The molecular formula is C28H24N6O3S. The number of nitrogens with one attached hydrogen (secondary N) is 2. The fraction of sp³-hybridized carbons (Fsp3) is 0.214. The van der Waals surface area contributed by atoms with Crippen molar-refractivity contribution in [2.24, 2.45) is 0 Å². The molecule has 0 aliphatic carbocycles. The average molecular weight is 525 g/mol. The summed E-state index contributed by atoms with van der Waals surface area (Å²) in [4.78, 5) is 35.6. The number of amides is 3. The zero-order chi connectivity index (χ0) is 26.2. The second-order valence-electron chi connectivity index (χ2n) is 9.28. The molecule has 4 heterocycles. The molecule has 0 unspecified atom stereocenters. The highest BCUT2D eigenvalue weighted by Crippen LogP contribution is 2.46. The van der Waals surface area contributed by atoms with E-state index in [9.17, 15) is 9.59 Å². The number of aryl methyl sites for hydroxylation is 1. The first-order valence-corrected chi connectivity index (χ1v) is 13.1. The lowest BCUT2D eigenvalue weighted by atomic mass is 10.1. The number of benzene rings is 2. The monoisotopic (exact) mass is 524 g/mol. The summed E-state index contributed by atoms with van der Waals surface area (Å²) in [5.41, 5.74) is 2.73. The Morgan fingerprint density at radius 1 is 1.13 bits per heavy atom. The zero-order valence-corrected chi connectivity index (χ0v) is 21.4. The highest BCUT2D eigenvalue weighted by atomic mass is 32.1. The van der Waals surface area contributed by atoms with Crippen LogP contribution in [0.2, 0.25) is 0 Å². The molecule has 2 aromatic heterocycles. The van der Waals surface area contributed by atoms with Crippen LogP contribution in [0.5, 0.6) is 11.5 Å². The predicted molar refractivity (Wildman–Crippen MR) is 146 cm³/mol. The van der Waals surface area contributed by atoms with Gasteiger partial charge in [0.2, 0.25) is 0 Å². The molecule has 1 saturated heterocycles. The van der Waals surface area contributed by atoms with Gasteiger partial charge in [0.15, 0.2) is 6.19 Å². The summed E-state index contributed by atoms with van der Waals surface area (Å²) in [7, 11) is 0. The van der Waals surface area contributed by atoms with Gasteiger partial charge in [-0.25, -0.2) is 9.78 Å². The van der Waals surface area contributed by atoms with Crippen LogP contribution in [-0.4, -0.2) is 41.0 Å². The van der Waals surface area contributed by atoms with Crippen molar-refractivity contribution in [1.29, 1.82) is 5.26 Å². The second-order valence-corrected chi connectivity index (χ2v) is 10.3. The summed E-state index contributed by atoms with van der Waals surface area (Å²) in [6.45, 7) is 3.16. The molecule has 9 nitrogen and oxygen atoms in total. The molecule has 2 N–H and O–H groups in total. The molecule has 190 valence electrons. The molecule has 38 heavy (non-hydrogen) atoms. The van der Waals surface area contributed by atoms with Crippen LogP contribution in [0.3, 0.4) is 0 Å². The number of carbonyl (C=O) groups excluding carboxylic acids is 2. The quantitative estimate of drug-likeness (QED) is 0.321. The van der Waals surface area contributed by atoms with Crippen molar-refractivity contribution in [2.45, 2.75) is 25.8 Å². The van der Waals surface area contributed by atoms with Gasteiger partial charge in [-0.05, 0) is 61.7 Å². The number of thiophene rings is 1. The Morgan fingerprint density at radius 2 is 1.92 bits per heavy atom. The SMILES string of the molecule is Cc1cc(Oc2ccccc2)ccc1N1C(=O)Nc2c(C(=O)NC3CCN(C#N)CC3)sc3nccc1c23. The number of nitriles is 1. The van der Waals surface area contributed by atoms with Gasteiger partial charge in [0.1, 0.15) is 21.2 Å². The van der Waals surface area contributed by atoms with Crippen molar-refractivity contribution in [3.05, 3.63) is 71.2 Å². The Labute approximate surface area is 223 Å². The third-order valence-electron chi connectivity index (χ3n) is 6.81. The summed E-state index contributed by atoms with van der Waals surface area (Å²) in [5, 5.41) is 15.8. The molecule has 0 saturated carbocycles. The van der Waals surface area contributed by atoms with Gasteiger partial charge < -0.3 is 20.3 Å². The first-order chi connectivity index (χ1) is 18.5. The molecule has 0 spiro atoms. The summed E-state index contributed by atoms with van der Waals surface area (Å²) < 4.78 is 5.96. The lowest BCUT2D eigenvalue weighted by Gasteiger charge is -2.30. The minimum atomic E-state index is -0.348. The van der Waals surface area contributed by atoms with Crippen molar-refractivity contribution in [2.75, 3.05) is 23.3 Å². The van der Waals surface area contributed by atoms with Gasteiger partial charge in [-0.2, -0.15) is 5.26 Å². The van der Waals surface area contributed by atoms with Gasteiger partial charge in [-0.3, -0.25) is 9.69 Å². The molecule has 1 fully saturated rings. The van der Waals surface area contributed by atoms with Gasteiger partial charge in [0.05, 0.1) is 22.4 Å². The molecule has 2 aliphatic heterocycles. The van der Waals surface area contributed by atoms with Crippen LogP contribution < -0.4 is 20.3 Å². The highest BCUT2D eigenvalue weighted by Gasteiger charge is 2.34. The molecule has 0 bridgehead atoms. The molecule has 4 aromatic rings. The minimum absolute atomic E-state index is 0.0213. The number of carbonyl (C=O) groups is 2. The summed E-state index contributed by atoms with van der Waals surface area (Å²) >= 11 is 1.26. The van der Waals surface area contributed by atoms with Gasteiger partial charge >= 0.3 is 6.03 Å². The Hall–Kier alpha value is -4.62. The molecule has 6 rings (SSSR count). The maximum absolute atomic E-state index is 13.5. The van der Waals surface area contributed by atoms with Crippen LogP contribution in [0.1, 0.15) is 28.1 Å².